The molecule has 0 radical (unpaired) electrons. The Morgan fingerprint density at radius 1 is 1.00 bits per heavy atom. The van der Waals surface area contributed by atoms with Crippen LogP contribution < -0.4 is 0 Å². The van der Waals surface area contributed by atoms with E-state index in [9.17, 15) is 0 Å². The summed E-state index contributed by atoms with van der Waals surface area (Å²) in [7, 11) is 0. The number of rotatable bonds is 6. The summed E-state index contributed by atoms with van der Waals surface area (Å²) >= 11 is 0. The zero-order chi connectivity index (χ0) is 17.9. The second-order valence-corrected chi connectivity index (χ2v) is 6.44. The summed E-state index contributed by atoms with van der Waals surface area (Å²) in [4.78, 5) is 2.56. The molecule has 0 amide bonds. The van der Waals surface area contributed by atoms with Crippen molar-refractivity contribution in [3.8, 4) is 0 Å². The zero-order valence-corrected chi connectivity index (χ0v) is 16.6. The SMILES string of the molecule is C=C1CCCCC(c2ccc(C)cc2)=C1N(CC)CCCC.CC. The number of nitrogens with zero attached hydrogens (tertiary/aromatic N) is 1. The van der Waals surface area contributed by atoms with Crippen LogP contribution in [0, 0.1) is 6.92 Å². The van der Waals surface area contributed by atoms with E-state index in [2.05, 4.69) is 56.5 Å². The van der Waals surface area contributed by atoms with Gasteiger partial charge in [0, 0.05) is 18.8 Å². The molecule has 0 bridgehead atoms. The zero-order valence-electron chi connectivity index (χ0n) is 16.6. The molecule has 1 aromatic rings. The predicted octanol–water partition coefficient (Wildman–Crippen LogP) is 6.98. The topological polar surface area (TPSA) is 3.24 Å². The Labute approximate surface area is 150 Å². The van der Waals surface area contributed by atoms with Gasteiger partial charge in [0.2, 0.25) is 0 Å². The van der Waals surface area contributed by atoms with Crippen LogP contribution in [-0.2, 0) is 0 Å². The van der Waals surface area contributed by atoms with Crippen molar-refractivity contribution in [3.63, 3.8) is 0 Å². The summed E-state index contributed by atoms with van der Waals surface area (Å²) in [5.74, 6) is 0. The third-order valence-corrected chi connectivity index (χ3v) is 4.66. The Kier molecular flexibility index (Phi) is 9.52. The maximum atomic E-state index is 4.43. The third-order valence-electron chi connectivity index (χ3n) is 4.66. The lowest BCUT2D eigenvalue weighted by atomic mass is 9.96. The highest BCUT2D eigenvalue weighted by molar-refractivity contribution is 5.72. The van der Waals surface area contributed by atoms with Gasteiger partial charge in [0.15, 0.2) is 0 Å². The number of unbranched alkanes of at least 4 members (excludes halogenated alkanes) is 1. The highest BCUT2D eigenvalue weighted by atomic mass is 15.1. The standard InChI is InChI=1S/C21H31N.C2H6/c1-5-7-16-22(6-2)21-18(4)10-8-9-11-20(21)19-14-12-17(3)13-15-19;1-2/h12-15H,4-11,16H2,1-3H3;1-2H3. The van der Waals surface area contributed by atoms with Gasteiger partial charge in [-0.2, -0.15) is 0 Å². The number of allylic oxidation sites excluding steroid dienone is 2. The van der Waals surface area contributed by atoms with E-state index in [-0.39, 0.29) is 0 Å². The maximum Gasteiger partial charge on any atom is 0.0431 e. The fourth-order valence-electron chi connectivity index (χ4n) is 3.32. The minimum Gasteiger partial charge on any atom is -0.371 e. The predicted molar refractivity (Wildman–Crippen MR) is 109 cm³/mol. The molecule has 24 heavy (non-hydrogen) atoms. The van der Waals surface area contributed by atoms with E-state index >= 15 is 0 Å². The van der Waals surface area contributed by atoms with E-state index in [1.807, 2.05) is 13.8 Å². The minimum absolute atomic E-state index is 1.07. The fraction of sp³-hybridized carbons (Fsp3) is 0.565. The smallest absolute Gasteiger partial charge is 0.0431 e. The Hall–Kier alpha value is -1.50. The van der Waals surface area contributed by atoms with Crippen LogP contribution in [0.15, 0.2) is 42.1 Å². The van der Waals surface area contributed by atoms with E-state index in [0.717, 1.165) is 19.5 Å². The van der Waals surface area contributed by atoms with Crippen LogP contribution in [0.4, 0.5) is 0 Å². The molecular weight excluding hydrogens is 290 g/mol. The van der Waals surface area contributed by atoms with Crippen molar-refractivity contribution in [2.45, 2.75) is 73.1 Å². The van der Waals surface area contributed by atoms with E-state index in [1.54, 1.807) is 0 Å². The number of hydrogen-bond donors (Lipinski definition) is 0. The van der Waals surface area contributed by atoms with Crippen LogP contribution in [0.5, 0.6) is 0 Å². The van der Waals surface area contributed by atoms with Crippen LogP contribution in [0.25, 0.3) is 5.57 Å². The van der Waals surface area contributed by atoms with Gasteiger partial charge in [-0.05, 0) is 62.7 Å². The molecule has 0 unspecified atom stereocenters. The van der Waals surface area contributed by atoms with E-state index < -0.39 is 0 Å². The number of aryl methyl sites for hydroxylation is 1. The molecule has 1 aromatic carbocycles. The monoisotopic (exact) mass is 327 g/mol. The van der Waals surface area contributed by atoms with Crippen molar-refractivity contribution in [2.75, 3.05) is 13.1 Å². The van der Waals surface area contributed by atoms with Crippen molar-refractivity contribution in [3.05, 3.63) is 53.2 Å². The molecule has 0 spiro atoms. The average Bonchev–Trinajstić information content (AvgIpc) is 2.80. The maximum absolute atomic E-state index is 4.43. The molecule has 0 aliphatic heterocycles. The van der Waals surface area contributed by atoms with Gasteiger partial charge in [-0.25, -0.2) is 0 Å². The highest BCUT2D eigenvalue weighted by Crippen LogP contribution is 2.35. The van der Waals surface area contributed by atoms with Crippen molar-refractivity contribution in [1.29, 1.82) is 0 Å². The molecule has 1 aliphatic carbocycles. The van der Waals surface area contributed by atoms with Crippen LogP contribution in [0.3, 0.4) is 0 Å². The van der Waals surface area contributed by atoms with E-state index in [0.29, 0.717) is 0 Å². The van der Waals surface area contributed by atoms with Crippen molar-refractivity contribution in [1.82, 2.24) is 4.90 Å². The molecule has 0 saturated heterocycles. The Bertz CT molecular complexity index is 521. The molecule has 0 saturated carbocycles. The average molecular weight is 328 g/mol. The third kappa shape index (κ3) is 5.54. The van der Waals surface area contributed by atoms with Crippen LogP contribution in [0.2, 0.25) is 0 Å². The summed E-state index contributed by atoms with van der Waals surface area (Å²) in [5.41, 5.74) is 7.01. The number of hydrogen-bond acceptors (Lipinski definition) is 1. The molecule has 0 aromatic heterocycles. The first-order valence-corrected chi connectivity index (χ1v) is 9.90. The molecule has 1 heteroatoms. The second kappa shape index (κ2) is 11.1. The lowest BCUT2D eigenvalue weighted by molar-refractivity contribution is 0.360. The minimum atomic E-state index is 1.07. The summed E-state index contributed by atoms with van der Waals surface area (Å²) in [6, 6.07) is 9.04. The summed E-state index contributed by atoms with van der Waals surface area (Å²) in [5, 5.41) is 0. The lowest BCUT2D eigenvalue weighted by Crippen LogP contribution is -2.25. The van der Waals surface area contributed by atoms with Gasteiger partial charge in [0.1, 0.15) is 0 Å². The van der Waals surface area contributed by atoms with Gasteiger partial charge >= 0.3 is 0 Å². The normalized spacial score (nSPS) is 14.8. The van der Waals surface area contributed by atoms with E-state index in [4.69, 9.17) is 0 Å². The van der Waals surface area contributed by atoms with Crippen LogP contribution in [-0.4, -0.2) is 18.0 Å². The summed E-state index contributed by atoms with van der Waals surface area (Å²) in [6.07, 6.45) is 7.37. The fourth-order valence-corrected chi connectivity index (χ4v) is 3.32. The molecule has 0 heterocycles. The Balaban J connectivity index is 0.00000139. The van der Waals surface area contributed by atoms with Gasteiger partial charge in [-0.1, -0.05) is 63.6 Å². The molecule has 0 atom stereocenters. The first-order chi connectivity index (χ1) is 11.7. The van der Waals surface area contributed by atoms with Gasteiger partial charge in [0.25, 0.3) is 0 Å². The molecule has 1 aliphatic rings. The second-order valence-electron chi connectivity index (χ2n) is 6.44. The van der Waals surface area contributed by atoms with Gasteiger partial charge in [-0.15, -0.1) is 0 Å². The molecule has 0 fully saturated rings. The first kappa shape index (κ1) is 20.5. The number of benzene rings is 1. The quantitative estimate of drug-likeness (QED) is 0.544. The van der Waals surface area contributed by atoms with Gasteiger partial charge in [0.05, 0.1) is 0 Å². The summed E-state index contributed by atoms with van der Waals surface area (Å²) in [6.45, 7) is 17.3. The van der Waals surface area contributed by atoms with E-state index in [1.165, 1.54) is 60.1 Å². The summed E-state index contributed by atoms with van der Waals surface area (Å²) < 4.78 is 0. The Morgan fingerprint density at radius 2 is 1.62 bits per heavy atom. The lowest BCUT2D eigenvalue weighted by Gasteiger charge is -2.29. The number of likely N-dealkylation sites (N-methyl/N-ethyl adjacent to an activating group) is 1. The molecule has 0 N–H and O–H groups in total. The van der Waals surface area contributed by atoms with Crippen molar-refractivity contribution >= 4 is 5.57 Å². The molecule has 134 valence electrons. The van der Waals surface area contributed by atoms with Gasteiger partial charge in [-0.3, -0.25) is 0 Å². The highest BCUT2D eigenvalue weighted by Gasteiger charge is 2.20. The van der Waals surface area contributed by atoms with Gasteiger partial charge < -0.3 is 4.90 Å². The molecule has 2 rings (SSSR count). The first-order valence-electron chi connectivity index (χ1n) is 9.90. The van der Waals surface area contributed by atoms with Crippen molar-refractivity contribution < 1.29 is 0 Å². The molecule has 1 nitrogen and oxygen atoms in total. The Morgan fingerprint density at radius 3 is 2.21 bits per heavy atom. The van der Waals surface area contributed by atoms with Crippen LogP contribution >= 0.6 is 0 Å². The largest absolute Gasteiger partial charge is 0.371 e. The van der Waals surface area contributed by atoms with Crippen molar-refractivity contribution in [2.24, 2.45) is 0 Å². The van der Waals surface area contributed by atoms with Crippen LogP contribution in [0.1, 0.15) is 77.3 Å². The molecular formula is C23H37N.